The van der Waals surface area contributed by atoms with E-state index in [2.05, 4.69) is 25.5 Å². The van der Waals surface area contributed by atoms with Crippen molar-refractivity contribution < 1.29 is 18.7 Å². The van der Waals surface area contributed by atoms with Crippen LogP contribution in [0, 0.1) is 5.82 Å². The van der Waals surface area contributed by atoms with Gasteiger partial charge in [0, 0.05) is 18.0 Å². The molecular weight excluding hydrogens is 389 g/mol. The molecule has 4 aromatic rings. The van der Waals surface area contributed by atoms with Crippen molar-refractivity contribution in [2.45, 2.75) is 26.2 Å². The Morgan fingerprint density at radius 3 is 2.77 bits per heavy atom. The molecule has 152 valence electrons. The first-order valence-corrected chi connectivity index (χ1v) is 9.40. The van der Waals surface area contributed by atoms with Gasteiger partial charge in [0.25, 0.3) is 5.89 Å². The van der Waals surface area contributed by atoms with Crippen LogP contribution in [0.1, 0.15) is 31.2 Å². The van der Waals surface area contributed by atoms with Gasteiger partial charge in [-0.2, -0.15) is 0 Å². The summed E-state index contributed by atoms with van der Waals surface area (Å²) in [6.45, 7) is 1.90. The summed E-state index contributed by atoms with van der Waals surface area (Å²) in [6, 6.07) is 9.33. The molecule has 0 bridgehead atoms. The quantitative estimate of drug-likeness (QED) is 0.499. The van der Waals surface area contributed by atoms with Gasteiger partial charge in [-0.05, 0) is 36.2 Å². The van der Waals surface area contributed by atoms with E-state index in [0.29, 0.717) is 24.6 Å². The van der Waals surface area contributed by atoms with Crippen molar-refractivity contribution in [3.63, 3.8) is 0 Å². The number of carbonyl (C=O) groups excluding carboxylic acids is 1. The molecule has 0 unspecified atom stereocenters. The van der Waals surface area contributed by atoms with Crippen molar-refractivity contribution in [2.24, 2.45) is 0 Å². The average Bonchev–Trinajstić information content (AvgIpc) is 3.20. The molecule has 0 atom stereocenters. The molecule has 0 spiro atoms. The minimum Gasteiger partial charge on any atom is -0.504 e. The van der Waals surface area contributed by atoms with Crippen molar-refractivity contribution in [3.05, 3.63) is 59.9 Å². The molecule has 1 amide bonds. The molecule has 1 aromatic carbocycles. The molecule has 2 N–H and O–H groups in total. The molecule has 9 heteroatoms. The highest BCUT2D eigenvalue weighted by Crippen LogP contribution is 2.36. The minimum absolute atomic E-state index is 0.0110. The van der Waals surface area contributed by atoms with Crippen LogP contribution >= 0.6 is 0 Å². The summed E-state index contributed by atoms with van der Waals surface area (Å²) in [6.07, 6.45) is 2.84. The predicted molar refractivity (Wildman–Crippen MR) is 107 cm³/mol. The van der Waals surface area contributed by atoms with Gasteiger partial charge in [-0.25, -0.2) is 9.37 Å². The molecule has 8 nitrogen and oxygen atoms in total. The Kier molecular flexibility index (Phi) is 5.34. The lowest BCUT2D eigenvalue weighted by Crippen LogP contribution is -2.12. The van der Waals surface area contributed by atoms with E-state index in [1.165, 1.54) is 18.3 Å². The summed E-state index contributed by atoms with van der Waals surface area (Å²) in [5.74, 6) is -0.243. The molecule has 30 heavy (non-hydrogen) atoms. The fourth-order valence-corrected chi connectivity index (χ4v) is 2.99. The molecule has 0 fully saturated rings. The van der Waals surface area contributed by atoms with E-state index in [1.807, 2.05) is 6.92 Å². The van der Waals surface area contributed by atoms with Gasteiger partial charge in [-0.15, -0.1) is 10.2 Å². The second kappa shape index (κ2) is 8.24. The van der Waals surface area contributed by atoms with Crippen molar-refractivity contribution in [3.8, 4) is 17.3 Å². The summed E-state index contributed by atoms with van der Waals surface area (Å²) in [7, 11) is 0. The molecule has 0 aliphatic rings. The number of nitrogens with one attached hydrogen (secondary N) is 1. The fourth-order valence-electron chi connectivity index (χ4n) is 2.99. The maximum atomic E-state index is 13.1. The number of amides is 1. The van der Waals surface area contributed by atoms with Crippen molar-refractivity contribution in [1.82, 2.24) is 20.2 Å². The molecule has 0 aliphatic heterocycles. The van der Waals surface area contributed by atoms with Crippen LogP contribution in [0.4, 0.5) is 10.2 Å². The van der Waals surface area contributed by atoms with E-state index in [-0.39, 0.29) is 46.3 Å². The zero-order chi connectivity index (χ0) is 21.1. The number of hydrogen-bond donors (Lipinski definition) is 2. The number of aromatic nitrogens is 4. The number of fused-ring (bicyclic) bond motifs is 1. The lowest BCUT2D eigenvalue weighted by Gasteiger charge is -2.10. The Bertz CT molecular complexity index is 1210. The lowest BCUT2D eigenvalue weighted by molar-refractivity contribution is -0.116. The number of halogens is 1. The normalized spacial score (nSPS) is 11.0. The second-order valence-electron chi connectivity index (χ2n) is 6.66. The van der Waals surface area contributed by atoms with Gasteiger partial charge in [0.1, 0.15) is 17.2 Å². The number of aromatic hydroxyl groups is 1. The third-order valence-electron chi connectivity index (χ3n) is 4.41. The van der Waals surface area contributed by atoms with Crippen LogP contribution in [0.5, 0.6) is 5.75 Å². The van der Waals surface area contributed by atoms with Gasteiger partial charge in [-0.1, -0.05) is 19.1 Å². The standard InChI is InChI=1S/C21H18FN5O3/c1-2-4-15(28)24-20-14-5-3-10-23-17(14)19(29)18(25-20)21-27-26-16(30-21)11-12-6-8-13(22)9-7-12/h3,5-10,29H,2,4,11H2,1H3,(H,24,25,28). The van der Waals surface area contributed by atoms with Crippen LogP contribution in [-0.4, -0.2) is 31.2 Å². The number of benzene rings is 1. The van der Waals surface area contributed by atoms with Crippen LogP contribution in [0.15, 0.2) is 47.0 Å². The Morgan fingerprint density at radius 2 is 2.00 bits per heavy atom. The summed E-state index contributed by atoms with van der Waals surface area (Å²) in [5.41, 5.74) is 1.06. The Hall–Kier alpha value is -3.88. The third kappa shape index (κ3) is 3.95. The SMILES string of the molecule is CCCC(=O)Nc1nc(-c2nnc(Cc3ccc(F)cc3)o2)c(O)c2ncccc12. The first-order chi connectivity index (χ1) is 14.5. The smallest absolute Gasteiger partial charge is 0.270 e. The van der Waals surface area contributed by atoms with Gasteiger partial charge in [0.15, 0.2) is 11.4 Å². The van der Waals surface area contributed by atoms with Crippen LogP contribution in [0.25, 0.3) is 22.5 Å². The summed E-state index contributed by atoms with van der Waals surface area (Å²) >= 11 is 0. The van der Waals surface area contributed by atoms with Gasteiger partial charge >= 0.3 is 0 Å². The zero-order valence-corrected chi connectivity index (χ0v) is 16.1. The Morgan fingerprint density at radius 1 is 1.20 bits per heavy atom. The highest BCUT2D eigenvalue weighted by Gasteiger charge is 2.21. The van der Waals surface area contributed by atoms with Gasteiger partial charge in [0.05, 0.1) is 6.42 Å². The van der Waals surface area contributed by atoms with Crippen molar-refractivity contribution >= 4 is 22.6 Å². The summed E-state index contributed by atoms with van der Waals surface area (Å²) < 4.78 is 18.7. The van der Waals surface area contributed by atoms with E-state index in [4.69, 9.17) is 4.42 Å². The maximum absolute atomic E-state index is 13.1. The zero-order valence-electron chi connectivity index (χ0n) is 16.1. The molecule has 3 aromatic heterocycles. The number of rotatable bonds is 6. The van der Waals surface area contributed by atoms with Crippen LogP contribution in [0.2, 0.25) is 0 Å². The Balaban J connectivity index is 1.71. The number of anilines is 1. The first-order valence-electron chi connectivity index (χ1n) is 9.40. The predicted octanol–water partition coefficient (Wildman–Crippen LogP) is 3.85. The van der Waals surface area contributed by atoms with E-state index in [1.54, 1.807) is 24.3 Å². The summed E-state index contributed by atoms with van der Waals surface area (Å²) in [5, 5.41) is 21.9. The molecule has 3 heterocycles. The van der Waals surface area contributed by atoms with E-state index in [0.717, 1.165) is 5.56 Å². The van der Waals surface area contributed by atoms with Crippen LogP contribution < -0.4 is 5.32 Å². The number of pyridine rings is 2. The lowest BCUT2D eigenvalue weighted by atomic mass is 10.1. The highest BCUT2D eigenvalue weighted by molar-refractivity contribution is 6.02. The molecular formula is C21H18FN5O3. The largest absolute Gasteiger partial charge is 0.504 e. The van der Waals surface area contributed by atoms with Crippen molar-refractivity contribution in [2.75, 3.05) is 5.32 Å². The van der Waals surface area contributed by atoms with Crippen LogP contribution in [0.3, 0.4) is 0 Å². The topological polar surface area (TPSA) is 114 Å². The number of carbonyl (C=O) groups is 1. The monoisotopic (exact) mass is 407 g/mol. The average molecular weight is 407 g/mol. The number of hydrogen-bond acceptors (Lipinski definition) is 7. The fraction of sp³-hybridized carbons (Fsp3) is 0.190. The molecule has 0 aliphatic carbocycles. The first kappa shape index (κ1) is 19.4. The third-order valence-corrected chi connectivity index (χ3v) is 4.41. The Labute approximate surface area is 170 Å². The summed E-state index contributed by atoms with van der Waals surface area (Å²) in [4.78, 5) is 20.7. The molecule has 0 saturated carbocycles. The highest BCUT2D eigenvalue weighted by atomic mass is 19.1. The van der Waals surface area contributed by atoms with E-state index >= 15 is 0 Å². The minimum atomic E-state index is -0.333. The van der Waals surface area contributed by atoms with Crippen LogP contribution in [-0.2, 0) is 11.2 Å². The maximum Gasteiger partial charge on any atom is 0.270 e. The van der Waals surface area contributed by atoms with E-state index < -0.39 is 0 Å². The molecule has 0 radical (unpaired) electrons. The van der Waals surface area contributed by atoms with Gasteiger partial charge in [-0.3, -0.25) is 9.78 Å². The van der Waals surface area contributed by atoms with Crippen molar-refractivity contribution in [1.29, 1.82) is 0 Å². The second-order valence-corrected chi connectivity index (χ2v) is 6.66. The van der Waals surface area contributed by atoms with Gasteiger partial charge in [0.2, 0.25) is 11.8 Å². The molecule has 4 rings (SSSR count). The molecule has 0 saturated heterocycles. The number of nitrogens with zero attached hydrogens (tertiary/aromatic N) is 4. The van der Waals surface area contributed by atoms with Gasteiger partial charge < -0.3 is 14.8 Å². The van der Waals surface area contributed by atoms with E-state index in [9.17, 15) is 14.3 Å².